The van der Waals surface area contributed by atoms with Crippen LogP contribution >= 0.6 is 11.8 Å². The average Bonchev–Trinajstić information content (AvgIpc) is 3.26. The number of aromatic amines is 1. The molecule has 5 atom stereocenters. The van der Waals surface area contributed by atoms with Crippen LogP contribution < -0.4 is 27.4 Å². The van der Waals surface area contributed by atoms with Gasteiger partial charge in [0.1, 0.15) is 12.1 Å². The van der Waals surface area contributed by atoms with Crippen LogP contribution in [0, 0.1) is 0 Å². The number of primary amides is 1. The lowest BCUT2D eigenvalue weighted by Gasteiger charge is -2.25. The molecule has 0 aliphatic heterocycles. The van der Waals surface area contributed by atoms with Gasteiger partial charge < -0.3 is 42.6 Å². The average molecular weight is 551 g/mol. The first-order chi connectivity index (χ1) is 17.9. The standard InChI is InChI=1S/C24H34N6O7S/c1-12(31)20(24(36)37)30-23(35)18(9-13-11-27-16-6-4-3-5-14(13)16)29-22(34)17(7-8-38-2)28-21(33)15(25)10-19(26)32/h3-6,11-12,15,17-18,20,27,31H,7-10,25H2,1-2H3,(H2,26,32)(H,28,33)(H,29,34)(H,30,35)(H,36,37). The van der Waals surface area contributed by atoms with Crippen LogP contribution in [0.2, 0.25) is 0 Å². The second-order valence-corrected chi connectivity index (χ2v) is 9.80. The molecule has 0 aliphatic rings. The van der Waals surface area contributed by atoms with Crippen molar-refractivity contribution in [2.75, 3.05) is 12.0 Å². The van der Waals surface area contributed by atoms with Crippen molar-refractivity contribution in [3.63, 3.8) is 0 Å². The number of benzene rings is 1. The fourth-order valence-corrected chi connectivity index (χ4v) is 4.21. The third-order valence-corrected chi connectivity index (χ3v) is 6.42. The molecule has 2 rings (SSSR count). The second kappa shape index (κ2) is 14.4. The Bertz CT molecular complexity index is 1150. The fourth-order valence-electron chi connectivity index (χ4n) is 3.74. The van der Waals surface area contributed by atoms with Crippen molar-refractivity contribution in [2.24, 2.45) is 11.5 Å². The zero-order valence-electron chi connectivity index (χ0n) is 21.1. The van der Waals surface area contributed by atoms with Gasteiger partial charge in [0.25, 0.3) is 0 Å². The lowest BCUT2D eigenvalue weighted by Crippen LogP contribution is -2.59. The van der Waals surface area contributed by atoms with E-state index >= 15 is 0 Å². The van der Waals surface area contributed by atoms with E-state index in [2.05, 4.69) is 20.9 Å². The Kier molecular flexibility index (Phi) is 11.6. The van der Waals surface area contributed by atoms with E-state index in [4.69, 9.17) is 11.5 Å². The van der Waals surface area contributed by atoms with E-state index in [1.165, 1.54) is 18.7 Å². The maximum absolute atomic E-state index is 13.3. The number of nitrogens with one attached hydrogen (secondary N) is 4. The summed E-state index contributed by atoms with van der Waals surface area (Å²) in [5.74, 6) is -4.05. The summed E-state index contributed by atoms with van der Waals surface area (Å²) in [5.41, 5.74) is 12.3. The van der Waals surface area contributed by atoms with E-state index in [0.717, 1.165) is 10.9 Å². The monoisotopic (exact) mass is 550 g/mol. The smallest absolute Gasteiger partial charge is 0.328 e. The van der Waals surface area contributed by atoms with Crippen LogP contribution in [-0.2, 0) is 30.4 Å². The number of hydrogen-bond acceptors (Lipinski definition) is 8. The highest BCUT2D eigenvalue weighted by molar-refractivity contribution is 7.98. The molecule has 5 unspecified atom stereocenters. The van der Waals surface area contributed by atoms with Gasteiger partial charge in [0.05, 0.1) is 18.6 Å². The molecule has 13 nitrogen and oxygen atoms in total. The Hall–Kier alpha value is -3.62. The van der Waals surface area contributed by atoms with E-state index in [0.29, 0.717) is 11.3 Å². The molecule has 0 spiro atoms. The number of nitrogens with two attached hydrogens (primary N) is 2. The van der Waals surface area contributed by atoms with Crippen molar-refractivity contribution >= 4 is 52.3 Å². The van der Waals surface area contributed by atoms with Crippen molar-refractivity contribution in [2.45, 2.75) is 56.5 Å². The predicted octanol–water partition coefficient (Wildman–Crippen LogP) is -1.41. The Morgan fingerprint density at radius 3 is 2.26 bits per heavy atom. The van der Waals surface area contributed by atoms with Gasteiger partial charge in [-0.1, -0.05) is 18.2 Å². The number of rotatable bonds is 15. The first-order valence-corrected chi connectivity index (χ1v) is 13.2. The number of carboxylic acid groups (broad SMARTS) is 1. The maximum atomic E-state index is 13.3. The first-order valence-electron chi connectivity index (χ1n) is 11.8. The summed E-state index contributed by atoms with van der Waals surface area (Å²) in [4.78, 5) is 64.7. The number of amides is 4. The number of aliphatic hydroxyl groups excluding tert-OH is 1. The number of aromatic nitrogens is 1. The maximum Gasteiger partial charge on any atom is 0.328 e. The highest BCUT2D eigenvalue weighted by Gasteiger charge is 2.32. The first kappa shape index (κ1) is 30.6. The number of H-pyrrole nitrogens is 1. The number of carboxylic acids is 1. The molecule has 2 aromatic rings. The molecule has 0 radical (unpaired) electrons. The summed E-state index contributed by atoms with van der Waals surface area (Å²) in [5, 5.41) is 27.4. The summed E-state index contributed by atoms with van der Waals surface area (Å²) in [6.45, 7) is 1.22. The lowest BCUT2D eigenvalue weighted by atomic mass is 10.0. The van der Waals surface area contributed by atoms with E-state index in [9.17, 15) is 34.2 Å². The van der Waals surface area contributed by atoms with Crippen LogP contribution in [-0.4, -0.2) is 87.1 Å². The highest BCUT2D eigenvalue weighted by Crippen LogP contribution is 2.19. The van der Waals surface area contributed by atoms with Crippen LogP contribution in [0.4, 0.5) is 0 Å². The molecular weight excluding hydrogens is 516 g/mol. The van der Waals surface area contributed by atoms with E-state index < -0.39 is 66.3 Å². The molecule has 4 amide bonds. The number of aliphatic hydroxyl groups is 1. The van der Waals surface area contributed by atoms with E-state index in [1.807, 2.05) is 30.5 Å². The lowest BCUT2D eigenvalue weighted by molar-refractivity contribution is -0.145. The van der Waals surface area contributed by atoms with Crippen LogP contribution in [0.15, 0.2) is 30.5 Å². The minimum Gasteiger partial charge on any atom is -0.480 e. The second-order valence-electron chi connectivity index (χ2n) is 8.81. The number of carbonyl (C=O) groups excluding carboxylic acids is 4. The summed E-state index contributed by atoms with van der Waals surface area (Å²) >= 11 is 1.43. The molecule has 208 valence electrons. The molecule has 0 bridgehead atoms. The van der Waals surface area contributed by atoms with Gasteiger partial charge in [-0.15, -0.1) is 0 Å². The van der Waals surface area contributed by atoms with E-state index in [-0.39, 0.29) is 12.8 Å². The van der Waals surface area contributed by atoms with Gasteiger partial charge >= 0.3 is 5.97 Å². The van der Waals surface area contributed by atoms with Gasteiger partial charge in [-0.3, -0.25) is 19.2 Å². The number of para-hydroxylation sites is 1. The van der Waals surface area contributed by atoms with Crippen LogP contribution in [0.25, 0.3) is 10.9 Å². The SMILES string of the molecule is CSCCC(NC(=O)C(N)CC(N)=O)C(=O)NC(Cc1c[nH]c2ccccc12)C(=O)NC(C(=O)O)C(C)O. The zero-order chi connectivity index (χ0) is 28.4. The van der Waals surface area contributed by atoms with Crippen LogP contribution in [0.3, 0.4) is 0 Å². The summed E-state index contributed by atoms with van der Waals surface area (Å²) in [6.07, 6.45) is 1.85. The molecule has 1 heterocycles. The minimum atomic E-state index is -1.61. The molecule has 1 aromatic heterocycles. The largest absolute Gasteiger partial charge is 0.480 e. The summed E-state index contributed by atoms with van der Waals surface area (Å²) in [6, 6.07) is 2.09. The van der Waals surface area contributed by atoms with Crippen molar-refractivity contribution in [3.05, 3.63) is 36.0 Å². The van der Waals surface area contributed by atoms with Gasteiger partial charge in [0.2, 0.25) is 23.6 Å². The molecular formula is C24H34N6O7S. The van der Waals surface area contributed by atoms with Gasteiger partial charge in [0.15, 0.2) is 6.04 Å². The topological polar surface area (TPSA) is 230 Å². The number of aliphatic carboxylic acids is 1. The molecule has 14 heteroatoms. The molecule has 1 aromatic carbocycles. The quantitative estimate of drug-likeness (QED) is 0.130. The van der Waals surface area contributed by atoms with Gasteiger partial charge in [-0.25, -0.2) is 4.79 Å². The highest BCUT2D eigenvalue weighted by atomic mass is 32.2. The summed E-state index contributed by atoms with van der Waals surface area (Å²) in [7, 11) is 0. The Morgan fingerprint density at radius 1 is 1.03 bits per heavy atom. The zero-order valence-corrected chi connectivity index (χ0v) is 21.9. The van der Waals surface area contributed by atoms with Crippen molar-refractivity contribution in [1.29, 1.82) is 0 Å². The summed E-state index contributed by atoms with van der Waals surface area (Å²) < 4.78 is 0. The number of carbonyl (C=O) groups is 5. The van der Waals surface area contributed by atoms with E-state index in [1.54, 1.807) is 6.20 Å². The molecule has 38 heavy (non-hydrogen) atoms. The van der Waals surface area contributed by atoms with Gasteiger partial charge in [-0.05, 0) is 37.0 Å². The molecule has 0 saturated carbocycles. The Labute approximate surface area is 223 Å². The van der Waals surface area contributed by atoms with Crippen molar-refractivity contribution < 1.29 is 34.2 Å². The van der Waals surface area contributed by atoms with Gasteiger partial charge in [0, 0.05) is 23.5 Å². The third-order valence-electron chi connectivity index (χ3n) is 5.78. The number of hydrogen-bond donors (Lipinski definition) is 8. The van der Waals surface area contributed by atoms with Crippen molar-refractivity contribution in [3.8, 4) is 0 Å². The Morgan fingerprint density at radius 2 is 1.66 bits per heavy atom. The van der Waals surface area contributed by atoms with Crippen LogP contribution in [0.5, 0.6) is 0 Å². The Balaban J connectivity index is 2.31. The fraction of sp³-hybridized carbons (Fsp3) is 0.458. The number of fused-ring (bicyclic) bond motifs is 1. The minimum absolute atomic E-state index is 0.0158. The molecule has 0 saturated heterocycles. The molecule has 0 aliphatic carbocycles. The predicted molar refractivity (Wildman–Crippen MR) is 142 cm³/mol. The normalized spacial score (nSPS) is 15.1. The van der Waals surface area contributed by atoms with Crippen molar-refractivity contribution in [1.82, 2.24) is 20.9 Å². The van der Waals surface area contributed by atoms with Crippen LogP contribution in [0.1, 0.15) is 25.3 Å². The molecule has 0 fully saturated rings. The number of thioether (sulfide) groups is 1. The molecule has 10 N–H and O–H groups in total. The third kappa shape index (κ3) is 8.75. The van der Waals surface area contributed by atoms with Gasteiger partial charge in [-0.2, -0.15) is 11.8 Å².